The Hall–Kier alpha value is -3.84. The van der Waals surface area contributed by atoms with Gasteiger partial charge in [-0.05, 0) is 60.7 Å². The van der Waals surface area contributed by atoms with Crippen molar-refractivity contribution in [3.05, 3.63) is 100.0 Å². The number of aliphatic imine (C=N–C) groups is 1. The number of aryl methyl sites for hydroxylation is 1. The van der Waals surface area contributed by atoms with E-state index in [1.165, 1.54) is 34.4 Å². The zero-order valence-electron chi connectivity index (χ0n) is 18.2. The maximum atomic E-state index is 12.8. The summed E-state index contributed by atoms with van der Waals surface area (Å²) in [5.41, 5.74) is 3.82. The van der Waals surface area contributed by atoms with Crippen LogP contribution in [0.15, 0.2) is 82.7 Å². The number of amides is 1. The summed E-state index contributed by atoms with van der Waals surface area (Å²) in [6, 6.07) is 21.9. The van der Waals surface area contributed by atoms with Gasteiger partial charge in [-0.25, -0.2) is 9.79 Å². The summed E-state index contributed by atoms with van der Waals surface area (Å²) in [4.78, 5) is 30.4. The summed E-state index contributed by atoms with van der Waals surface area (Å²) in [6.07, 6.45) is 1.81. The molecule has 0 saturated carbocycles. The van der Waals surface area contributed by atoms with Crippen molar-refractivity contribution in [2.45, 2.75) is 13.5 Å². The molecule has 0 unspecified atom stereocenters. The van der Waals surface area contributed by atoms with Gasteiger partial charge in [-0.1, -0.05) is 48.0 Å². The van der Waals surface area contributed by atoms with Crippen LogP contribution in [0.1, 0.15) is 27.0 Å². The molecule has 0 spiro atoms. The third-order valence-corrected chi connectivity index (χ3v) is 6.09. The lowest BCUT2D eigenvalue weighted by atomic mass is 10.1. The Kier molecular flexibility index (Phi) is 6.60. The first-order valence-corrected chi connectivity index (χ1v) is 11.1. The molecule has 1 N–H and O–H groups in total. The van der Waals surface area contributed by atoms with E-state index >= 15 is 0 Å². The van der Waals surface area contributed by atoms with E-state index in [0.717, 1.165) is 11.1 Å². The summed E-state index contributed by atoms with van der Waals surface area (Å²) in [7, 11) is 1.67. The summed E-state index contributed by atoms with van der Waals surface area (Å²) in [5.74, 6) is -0.461. The van der Waals surface area contributed by atoms with E-state index in [0.29, 0.717) is 28.1 Å². The zero-order chi connectivity index (χ0) is 23.4. The van der Waals surface area contributed by atoms with Crippen LogP contribution in [0.3, 0.4) is 0 Å². The fourth-order valence-electron chi connectivity index (χ4n) is 3.28. The van der Waals surface area contributed by atoms with E-state index in [1.54, 1.807) is 19.2 Å². The van der Waals surface area contributed by atoms with Crippen molar-refractivity contribution in [3.63, 3.8) is 0 Å². The molecule has 0 aliphatic carbocycles. The van der Waals surface area contributed by atoms with E-state index in [-0.39, 0.29) is 11.5 Å². The normalized spacial score (nSPS) is 15.9. The summed E-state index contributed by atoms with van der Waals surface area (Å²) >= 11 is 1.27. The lowest BCUT2D eigenvalue weighted by molar-refractivity contribution is -0.121. The first kappa shape index (κ1) is 22.4. The predicted octanol–water partition coefficient (Wildman–Crippen LogP) is 5.51. The molecule has 1 fully saturated rings. The number of carboxylic acid groups (broad SMARTS) is 1. The number of carbonyl (C=O) groups is 2. The average molecular weight is 459 g/mol. The van der Waals surface area contributed by atoms with E-state index in [9.17, 15) is 9.59 Å². The molecule has 1 aliphatic heterocycles. The molecule has 1 saturated heterocycles. The molecule has 0 aromatic heterocycles. The highest BCUT2D eigenvalue weighted by Gasteiger charge is 2.30. The molecule has 6 nitrogen and oxygen atoms in total. The van der Waals surface area contributed by atoms with Gasteiger partial charge in [0.1, 0.15) is 12.4 Å². The number of benzene rings is 3. The molecule has 3 aromatic rings. The molecule has 166 valence electrons. The van der Waals surface area contributed by atoms with Gasteiger partial charge in [0.15, 0.2) is 5.17 Å². The van der Waals surface area contributed by atoms with Crippen molar-refractivity contribution in [2.24, 2.45) is 4.99 Å². The number of thioether (sulfide) groups is 1. The molecule has 0 atom stereocenters. The zero-order valence-corrected chi connectivity index (χ0v) is 19.0. The fourth-order valence-corrected chi connectivity index (χ4v) is 4.25. The Morgan fingerprint density at radius 1 is 1.09 bits per heavy atom. The largest absolute Gasteiger partial charge is 0.488 e. The second kappa shape index (κ2) is 9.75. The quantitative estimate of drug-likeness (QED) is 0.493. The summed E-state index contributed by atoms with van der Waals surface area (Å²) < 4.78 is 6.05. The Labute approximate surface area is 196 Å². The van der Waals surface area contributed by atoms with Crippen LogP contribution in [0, 0.1) is 6.92 Å². The summed E-state index contributed by atoms with van der Waals surface area (Å²) in [5, 5.41) is 9.56. The van der Waals surface area contributed by atoms with Crippen molar-refractivity contribution < 1.29 is 19.4 Å². The molecule has 3 aromatic carbocycles. The van der Waals surface area contributed by atoms with Crippen molar-refractivity contribution in [2.75, 3.05) is 7.05 Å². The number of amidine groups is 1. The topological polar surface area (TPSA) is 79.2 Å². The third-order valence-electron chi connectivity index (χ3n) is 5.03. The van der Waals surface area contributed by atoms with Crippen LogP contribution < -0.4 is 4.74 Å². The number of likely N-dealkylation sites (N-methyl/N-ethyl adjacent to an activating group) is 1. The van der Waals surface area contributed by atoms with Crippen LogP contribution in [-0.4, -0.2) is 34.1 Å². The van der Waals surface area contributed by atoms with Crippen LogP contribution in [0.4, 0.5) is 5.69 Å². The van der Waals surface area contributed by atoms with Gasteiger partial charge < -0.3 is 9.84 Å². The van der Waals surface area contributed by atoms with Gasteiger partial charge >= 0.3 is 5.97 Å². The van der Waals surface area contributed by atoms with E-state index in [1.807, 2.05) is 55.5 Å². The Morgan fingerprint density at radius 3 is 2.58 bits per heavy atom. The van der Waals surface area contributed by atoms with E-state index < -0.39 is 5.97 Å². The molecule has 0 radical (unpaired) electrons. The number of aromatic carboxylic acids is 1. The monoisotopic (exact) mass is 458 g/mol. The van der Waals surface area contributed by atoms with Crippen LogP contribution >= 0.6 is 11.8 Å². The van der Waals surface area contributed by atoms with Gasteiger partial charge in [-0.3, -0.25) is 9.69 Å². The number of nitrogens with zero attached hydrogens (tertiary/aromatic N) is 2. The Bertz CT molecular complexity index is 1270. The van der Waals surface area contributed by atoms with Gasteiger partial charge in [0.05, 0.1) is 16.2 Å². The highest BCUT2D eigenvalue weighted by atomic mass is 32.2. The fraction of sp³-hybridized carbons (Fsp3) is 0.115. The number of carboxylic acids is 1. The highest BCUT2D eigenvalue weighted by Crippen LogP contribution is 2.34. The first-order valence-electron chi connectivity index (χ1n) is 10.3. The smallest absolute Gasteiger partial charge is 0.335 e. The Morgan fingerprint density at radius 2 is 1.85 bits per heavy atom. The minimum atomic E-state index is -0.995. The highest BCUT2D eigenvalue weighted by molar-refractivity contribution is 8.18. The number of para-hydroxylation sites is 1. The number of carbonyl (C=O) groups excluding carboxylic acids is 1. The molecule has 1 heterocycles. The van der Waals surface area contributed by atoms with Crippen molar-refractivity contribution >= 4 is 40.6 Å². The molecule has 7 heteroatoms. The van der Waals surface area contributed by atoms with Crippen molar-refractivity contribution in [3.8, 4) is 5.75 Å². The molecule has 33 heavy (non-hydrogen) atoms. The lowest BCUT2D eigenvalue weighted by Crippen LogP contribution is -2.23. The second-order valence-electron chi connectivity index (χ2n) is 7.54. The molecule has 4 rings (SSSR count). The van der Waals surface area contributed by atoms with Gasteiger partial charge in [0.2, 0.25) is 0 Å². The van der Waals surface area contributed by atoms with Crippen LogP contribution in [0.2, 0.25) is 0 Å². The minimum Gasteiger partial charge on any atom is -0.488 e. The molecular weight excluding hydrogens is 436 g/mol. The van der Waals surface area contributed by atoms with Crippen molar-refractivity contribution in [1.82, 2.24) is 4.90 Å². The number of hydrogen-bond acceptors (Lipinski definition) is 5. The van der Waals surface area contributed by atoms with Gasteiger partial charge in [-0.2, -0.15) is 0 Å². The lowest BCUT2D eigenvalue weighted by Gasteiger charge is -2.10. The number of rotatable bonds is 6. The molecule has 0 bridgehead atoms. The second-order valence-corrected chi connectivity index (χ2v) is 8.55. The SMILES string of the molecule is Cc1cccc(COc2ccccc2/C=C2\SC(=Nc3ccc(C(=O)O)cc3)N(C)C2=O)c1. The van der Waals surface area contributed by atoms with E-state index in [2.05, 4.69) is 11.1 Å². The first-order chi connectivity index (χ1) is 15.9. The summed E-state index contributed by atoms with van der Waals surface area (Å²) in [6.45, 7) is 2.48. The van der Waals surface area contributed by atoms with E-state index in [4.69, 9.17) is 9.84 Å². The predicted molar refractivity (Wildman–Crippen MR) is 131 cm³/mol. The average Bonchev–Trinajstić information content (AvgIpc) is 3.06. The molecule has 1 aliphatic rings. The van der Waals surface area contributed by atoms with Gasteiger partial charge in [0, 0.05) is 12.6 Å². The van der Waals surface area contributed by atoms with Crippen molar-refractivity contribution in [1.29, 1.82) is 0 Å². The Balaban J connectivity index is 1.54. The maximum absolute atomic E-state index is 12.8. The maximum Gasteiger partial charge on any atom is 0.335 e. The van der Waals surface area contributed by atoms with Gasteiger partial charge in [0.25, 0.3) is 5.91 Å². The van der Waals surface area contributed by atoms with Crippen LogP contribution in [0.5, 0.6) is 5.75 Å². The van der Waals surface area contributed by atoms with Crippen LogP contribution in [0.25, 0.3) is 6.08 Å². The number of hydrogen-bond donors (Lipinski definition) is 1. The molecular formula is C26H22N2O4S. The van der Waals surface area contributed by atoms with Crippen LogP contribution in [-0.2, 0) is 11.4 Å². The standard InChI is InChI=1S/C26H22N2O4S/c1-17-6-5-7-18(14-17)16-32-22-9-4-3-8-20(22)15-23-24(29)28(2)26(33-23)27-21-12-10-19(11-13-21)25(30)31/h3-15H,16H2,1-2H3,(H,30,31)/b23-15-,27-26?. The number of ether oxygens (including phenoxy) is 1. The minimum absolute atomic E-state index is 0.158. The van der Waals surface area contributed by atoms with Gasteiger partial charge in [-0.15, -0.1) is 0 Å². The molecule has 1 amide bonds. The third kappa shape index (κ3) is 5.32.